The average Bonchev–Trinajstić information content (AvgIpc) is 2.46. The lowest BCUT2D eigenvalue weighted by atomic mass is 10.0. The Kier molecular flexibility index (Phi) is 3.81. The van der Waals surface area contributed by atoms with Crippen LogP contribution in [0.4, 0.5) is 0 Å². The molecule has 0 amide bonds. The van der Waals surface area contributed by atoms with Gasteiger partial charge in [0.05, 0.1) is 12.2 Å². The van der Waals surface area contributed by atoms with E-state index in [1.807, 2.05) is 0 Å². The summed E-state index contributed by atoms with van der Waals surface area (Å²) in [6.45, 7) is 2.17. The first-order valence-electron chi connectivity index (χ1n) is 6.34. The third-order valence-electron chi connectivity index (χ3n) is 3.54. The minimum Gasteiger partial charge on any atom is -0.375 e. The Labute approximate surface area is 92.9 Å². The second kappa shape index (κ2) is 5.13. The summed E-state index contributed by atoms with van der Waals surface area (Å²) in [5, 5.41) is 0. The van der Waals surface area contributed by atoms with Crippen LogP contribution in [0.15, 0.2) is 11.6 Å². The summed E-state index contributed by atoms with van der Waals surface area (Å²) in [4.78, 5) is 0. The van der Waals surface area contributed by atoms with Crippen LogP contribution in [0.1, 0.15) is 51.9 Å². The largest absolute Gasteiger partial charge is 0.375 e. The molecule has 2 rings (SSSR count). The van der Waals surface area contributed by atoms with Gasteiger partial charge >= 0.3 is 0 Å². The number of hydrogen-bond donors (Lipinski definition) is 1. The van der Waals surface area contributed by atoms with Gasteiger partial charge in [0.1, 0.15) is 0 Å². The zero-order valence-corrected chi connectivity index (χ0v) is 9.74. The van der Waals surface area contributed by atoms with Gasteiger partial charge < -0.3 is 10.5 Å². The number of rotatable bonds is 2. The predicted octanol–water partition coefficient (Wildman–Crippen LogP) is 2.77. The van der Waals surface area contributed by atoms with Crippen molar-refractivity contribution in [2.24, 2.45) is 5.73 Å². The normalized spacial score (nSPS) is 37.5. The molecule has 1 fully saturated rings. The van der Waals surface area contributed by atoms with Gasteiger partial charge in [0.2, 0.25) is 0 Å². The van der Waals surface area contributed by atoms with Crippen LogP contribution in [-0.4, -0.2) is 18.2 Å². The summed E-state index contributed by atoms with van der Waals surface area (Å²) in [6, 6.07) is 0.293. The lowest BCUT2D eigenvalue weighted by molar-refractivity contribution is 0.0559. The van der Waals surface area contributed by atoms with Crippen LogP contribution in [-0.2, 0) is 4.74 Å². The van der Waals surface area contributed by atoms with Crippen molar-refractivity contribution in [3.63, 3.8) is 0 Å². The van der Waals surface area contributed by atoms with Crippen LogP contribution in [0.2, 0.25) is 0 Å². The second-order valence-corrected chi connectivity index (χ2v) is 5.08. The average molecular weight is 209 g/mol. The smallest absolute Gasteiger partial charge is 0.0616 e. The molecule has 0 aromatic carbocycles. The highest BCUT2D eigenvalue weighted by Gasteiger charge is 2.23. The zero-order chi connectivity index (χ0) is 10.7. The molecule has 0 aromatic heterocycles. The molecule has 0 spiro atoms. The van der Waals surface area contributed by atoms with Gasteiger partial charge in [-0.25, -0.2) is 0 Å². The minimum absolute atomic E-state index is 0.293. The Morgan fingerprint density at radius 3 is 2.93 bits per heavy atom. The first kappa shape index (κ1) is 11.2. The SMILES string of the molecule is CC1CCC(CC2=CC(N)CCCC2)O1. The van der Waals surface area contributed by atoms with Crippen molar-refractivity contribution in [3.05, 3.63) is 11.6 Å². The summed E-state index contributed by atoms with van der Waals surface area (Å²) in [5.74, 6) is 0. The van der Waals surface area contributed by atoms with Gasteiger partial charge in [0.15, 0.2) is 0 Å². The maximum absolute atomic E-state index is 6.01. The Bertz CT molecular complexity index is 237. The molecular weight excluding hydrogens is 186 g/mol. The summed E-state index contributed by atoms with van der Waals surface area (Å²) in [6.07, 6.45) is 11.8. The molecule has 0 aromatic rings. The highest BCUT2D eigenvalue weighted by molar-refractivity contribution is 5.09. The van der Waals surface area contributed by atoms with E-state index < -0.39 is 0 Å². The van der Waals surface area contributed by atoms with E-state index in [1.165, 1.54) is 32.1 Å². The van der Waals surface area contributed by atoms with Crippen LogP contribution < -0.4 is 5.73 Å². The van der Waals surface area contributed by atoms with Gasteiger partial charge in [-0.3, -0.25) is 0 Å². The standard InChI is InChI=1S/C13H23NO/c1-10-6-7-13(15-10)9-11-4-2-3-5-12(14)8-11/h8,10,12-13H,2-7,9,14H2,1H3. The molecule has 1 aliphatic heterocycles. The highest BCUT2D eigenvalue weighted by atomic mass is 16.5. The van der Waals surface area contributed by atoms with Gasteiger partial charge in [-0.2, -0.15) is 0 Å². The Morgan fingerprint density at radius 2 is 2.20 bits per heavy atom. The second-order valence-electron chi connectivity index (χ2n) is 5.08. The van der Waals surface area contributed by atoms with E-state index in [9.17, 15) is 0 Å². The van der Waals surface area contributed by atoms with Crippen LogP contribution >= 0.6 is 0 Å². The van der Waals surface area contributed by atoms with Gasteiger partial charge in [-0.1, -0.05) is 18.1 Å². The lowest BCUT2D eigenvalue weighted by Crippen LogP contribution is -2.16. The highest BCUT2D eigenvalue weighted by Crippen LogP contribution is 2.28. The van der Waals surface area contributed by atoms with E-state index in [-0.39, 0.29) is 0 Å². The predicted molar refractivity (Wildman–Crippen MR) is 62.7 cm³/mol. The van der Waals surface area contributed by atoms with Gasteiger partial charge in [0, 0.05) is 6.04 Å². The third-order valence-corrected chi connectivity index (χ3v) is 3.54. The topological polar surface area (TPSA) is 35.2 Å². The van der Waals surface area contributed by atoms with E-state index in [1.54, 1.807) is 5.57 Å². The molecule has 3 atom stereocenters. The molecule has 15 heavy (non-hydrogen) atoms. The molecule has 1 aliphatic carbocycles. The summed E-state index contributed by atoms with van der Waals surface area (Å²) < 4.78 is 5.86. The number of hydrogen-bond acceptors (Lipinski definition) is 2. The molecule has 86 valence electrons. The molecule has 2 N–H and O–H groups in total. The quantitative estimate of drug-likeness (QED) is 0.710. The van der Waals surface area contributed by atoms with Crippen molar-refractivity contribution in [2.45, 2.75) is 70.1 Å². The summed E-state index contributed by atoms with van der Waals surface area (Å²) in [5.41, 5.74) is 7.55. The minimum atomic E-state index is 0.293. The Hall–Kier alpha value is -0.340. The fourth-order valence-electron chi connectivity index (χ4n) is 2.70. The number of ether oxygens (including phenoxy) is 1. The van der Waals surface area contributed by atoms with Crippen molar-refractivity contribution in [1.29, 1.82) is 0 Å². The maximum Gasteiger partial charge on any atom is 0.0616 e. The molecule has 2 aliphatic rings. The fraction of sp³-hybridized carbons (Fsp3) is 0.846. The molecule has 3 unspecified atom stereocenters. The van der Waals surface area contributed by atoms with Crippen molar-refractivity contribution in [1.82, 2.24) is 0 Å². The molecule has 1 saturated heterocycles. The zero-order valence-electron chi connectivity index (χ0n) is 9.74. The van der Waals surface area contributed by atoms with Crippen molar-refractivity contribution < 1.29 is 4.74 Å². The van der Waals surface area contributed by atoms with E-state index in [0.717, 1.165) is 12.8 Å². The van der Waals surface area contributed by atoms with Crippen LogP contribution in [0.3, 0.4) is 0 Å². The first-order chi connectivity index (χ1) is 7.24. The van der Waals surface area contributed by atoms with Crippen LogP contribution in [0.25, 0.3) is 0 Å². The van der Waals surface area contributed by atoms with Crippen LogP contribution in [0.5, 0.6) is 0 Å². The molecular formula is C13H23NO. The molecule has 0 radical (unpaired) electrons. The maximum atomic E-state index is 6.01. The molecule has 2 heteroatoms. The third kappa shape index (κ3) is 3.32. The Morgan fingerprint density at radius 1 is 1.33 bits per heavy atom. The first-order valence-corrected chi connectivity index (χ1v) is 6.34. The summed E-state index contributed by atoms with van der Waals surface area (Å²) in [7, 11) is 0. The summed E-state index contributed by atoms with van der Waals surface area (Å²) >= 11 is 0. The lowest BCUT2D eigenvalue weighted by Gasteiger charge is -2.13. The van der Waals surface area contributed by atoms with Gasteiger partial charge in [-0.15, -0.1) is 0 Å². The number of nitrogens with two attached hydrogens (primary N) is 1. The fourth-order valence-corrected chi connectivity index (χ4v) is 2.70. The van der Waals surface area contributed by atoms with E-state index >= 15 is 0 Å². The molecule has 1 heterocycles. The van der Waals surface area contributed by atoms with Gasteiger partial charge in [0.25, 0.3) is 0 Å². The molecule has 0 saturated carbocycles. The van der Waals surface area contributed by atoms with E-state index in [2.05, 4.69) is 13.0 Å². The Balaban J connectivity index is 1.87. The molecule has 0 bridgehead atoms. The molecule has 2 nitrogen and oxygen atoms in total. The van der Waals surface area contributed by atoms with E-state index in [0.29, 0.717) is 18.2 Å². The van der Waals surface area contributed by atoms with Crippen LogP contribution in [0, 0.1) is 0 Å². The van der Waals surface area contributed by atoms with Crippen molar-refractivity contribution in [3.8, 4) is 0 Å². The van der Waals surface area contributed by atoms with Crippen molar-refractivity contribution >= 4 is 0 Å². The monoisotopic (exact) mass is 209 g/mol. The van der Waals surface area contributed by atoms with Crippen molar-refractivity contribution in [2.75, 3.05) is 0 Å². The van der Waals surface area contributed by atoms with E-state index in [4.69, 9.17) is 10.5 Å². The van der Waals surface area contributed by atoms with Gasteiger partial charge in [-0.05, 0) is 45.4 Å².